The number of hydrogen-bond acceptors (Lipinski definition) is 2. The summed E-state index contributed by atoms with van der Waals surface area (Å²) in [5.41, 5.74) is 5.55. The fraction of sp³-hybridized carbons (Fsp3) is 0.333. The van der Waals surface area contributed by atoms with E-state index < -0.39 is 11.9 Å². The highest BCUT2D eigenvalue weighted by Gasteiger charge is 2.18. The molecule has 0 saturated carbocycles. The second-order valence-electron chi connectivity index (χ2n) is 4.99. The van der Waals surface area contributed by atoms with Crippen molar-refractivity contribution in [2.45, 2.75) is 33.6 Å². The molecule has 1 atom stereocenters. The number of nitrogens with one attached hydrogen (secondary N) is 1. The van der Waals surface area contributed by atoms with Gasteiger partial charge in [-0.1, -0.05) is 6.07 Å². The molecule has 2 rings (SSSR count). The van der Waals surface area contributed by atoms with Gasteiger partial charge in [-0.3, -0.25) is 4.79 Å². The molecule has 100 valence electrons. The van der Waals surface area contributed by atoms with Crippen LogP contribution in [0, 0.1) is 20.8 Å². The third-order valence-corrected chi connectivity index (χ3v) is 3.51. The van der Waals surface area contributed by atoms with Crippen LogP contribution in [0.5, 0.6) is 0 Å². The van der Waals surface area contributed by atoms with Gasteiger partial charge in [0.2, 0.25) is 0 Å². The van der Waals surface area contributed by atoms with Gasteiger partial charge in [-0.25, -0.2) is 4.98 Å². The molecule has 0 spiro atoms. The van der Waals surface area contributed by atoms with Crippen molar-refractivity contribution in [2.24, 2.45) is 0 Å². The van der Waals surface area contributed by atoms with E-state index in [0.717, 1.165) is 16.8 Å². The van der Waals surface area contributed by atoms with Crippen molar-refractivity contribution in [3.63, 3.8) is 0 Å². The van der Waals surface area contributed by atoms with Crippen molar-refractivity contribution in [3.8, 4) is 11.3 Å². The molecule has 1 unspecified atom stereocenters. The minimum atomic E-state index is -0.877. The molecular formula is C15H18N2O2. The minimum absolute atomic E-state index is 0.486. The van der Waals surface area contributed by atoms with Crippen LogP contribution in [-0.2, 0) is 4.79 Å². The number of carbonyl (C=O) groups is 1. The Labute approximate surface area is 112 Å². The highest BCUT2D eigenvalue weighted by Crippen LogP contribution is 2.26. The average molecular weight is 258 g/mol. The maximum Gasteiger partial charge on any atom is 0.313 e. The molecule has 0 aliphatic carbocycles. The van der Waals surface area contributed by atoms with E-state index in [-0.39, 0.29) is 0 Å². The molecule has 1 aromatic heterocycles. The number of nitrogens with zero attached hydrogens (tertiary/aromatic N) is 1. The lowest BCUT2D eigenvalue weighted by Crippen LogP contribution is -2.08. The first-order valence-corrected chi connectivity index (χ1v) is 6.26. The summed E-state index contributed by atoms with van der Waals surface area (Å²) in [6, 6.07) is 4.24. The van der Waals surface area contributed by atoms with Crippen molar-refractivity contribution in [3.05, 3.63) is 40.8 Å². The van der Waals surface area contributed by atoms with Crippen molar-refractivity contribution in [2.75, 3.05) is 0 Å². The summed E-state index contributed by atoms with van der Waals surface area (Å²) in [5.74, 6) is -1.02. The SMILES string of the molecule is Cc1cc(C)c(-c2cnc(C(C)C(=O)O)[nH]2)cc1C. The zero-order valence-electron chi connectivity index (χ0n) is 11.6. The zero-order chi connectivity index (χ0) is 14.2. The van der Waals surface area contributed by atoms with Crippen molar-refractivity contribution >= 4 is 5.97 Å². The Morgan fingerprint density at radius 2 is 1.84 bits per heavy atom. The minimum Gasteiger partial charge on any atom is -0.481 e. The molecular weight excluding hydrogens is 240 g/mol. The molecule has 1 heterocycles. The van der Waals surface area contributed by atoms with E-state index >= 15 is 0 Å². The number of imidazole rings is 1. The monoisotopic (exact) mass is 258 g/mol. The Morgan fingerprint density at radius 1 is 1.21 bits per heavy atom. The predicted molar refractivity (Wildman–Crippen MR) is 74.3 cm³/mol. The molecule has 19 heavy (non-hydrogen) atoms. The van der Waals surface area contributed by atoms with Crippen molar-refractivity contribution in [1.29, 1.82) is 0 Å². The van der Waals surface area contributed by atoms with Crippen LogP contribution in [0.4, 0.5) is 0 Å². The molecule has 2 N–H and O–H groups in total. The van der Waals surface area contributed by atoms with Gasteiger partial charge >= 0.3 is 5.97 Å². The molecule has 2 aromatic rings. The molecule has 4 heteroatoms. The fourth-order valence-electron chi connectivity index (χ4n) is 2.06. The number of aliphatic carboxylic acids is 1. The Kier molecular flexibility index (Phi) is 3.42. The number of aromatic amines is 1. The number of hydrogen-bond donors (Lipinski definition) is 2. The first-order valence-electron chi connectivity index (χ1n) is 6.26. The van der Waals surface area contributed by atoms with Gasteiger partial charge in [0.25, 0.3) is 0 Å². The summed E-state index contributed by atoms with van der Waals surface area (Å²) in [4.78, 5) is 18.2. The summed E-state index contributed by atoms with van der Waals surface area (Å²) < 4.78 is 0. The van der Waals surface area contributed by atoms with Crippen LogP contribution in [0.15, 0.2) is 18.3 Å². The number of aryl methyl sites for hydroxylation is 3. The number of benzene rings is 1. The van der Waals surface area contributed by atoms with Gasteiger partial charge in [0.1, 0.15) is 11.7 Å². The third kappa shape index (κ3) is 2.52. The van der Waals surface area contributed by atoms with Gasteiger partial charge in [-0.2, -0.15) is 0 Å². The molecule has 0 bridgehead atoms. The Bertz CT molecular complexity index is 629. The molecule has 0 saturated heterocycles. The smallest absolute Gasteiger partial charge is 0.313 e. The maximum atomic E-state index is 11.0. The molecule has 0 aliphatic rings. The second-order valence-corrected chi connectivity index (χ2v) is 4.99. The first kappa shape index (κ1) is 13.3. The highest BCUT2D eigenvalue weighted by molar-refractivity contribution is 5.75. The van der Waals surface area contributed by atoms with Crippen LogP contribution in [0.2, 0.25) is 0 Å². The van der Waals surface area contributed by atoms with Gasteiger partial charge in [0.15, 0.2) is 0 Å². The van der Waals surface area contributed by atoms with Gasteiger partial charge < -0.3 is 10.1 Å². The molecule has 4 nitrogen and oxygen atoms in total. The van der Waals surface area contributed by atoms with E-state index in [1.807, 2.05) is 6.92 Å². The Balaban J connectivity index is 2.43. The average Bonchev–Trinajstić information content (AvgIpc) is 2.81. The van der Waals surface area contributed by atoms with Crippen LogP contribution < -0.4 is 0 Å². The number of carboxylic acid groups (broad SMARTS) is 1. The third-order valence-electron chi connectivity index (χ3n) is 3.51. The maximum absolute atomic E-state index is 11.0. The largest absolute Gasteiger partial charge is 0.481 e. The predicted octanol–water partition coefficient (Wildman–Crippen LogP) is 3.19. The summed E-state index contributed by atoms with van der Waals surface area (Å²) in [5, 5.41) is 8.99. The quantitative estimate of drug-likeness (QED) is 0.888. The highest BCUT2D eigenvalue weighted by atomic mass is 16.4. The normalized spacial score (nSPS) is 12.4. The number of rotatable bonds is 3. The topological polar surface area (TPSA) is 66.0 Å². The lowest BCUT2D eigenvalue weighted by molar-refractivity contribution is -0.138. The van der Waals surface area contributed by atoms with Crippen LogP contribution in [0.3, 0.4) is 0 Å². The van der Waals surface area contributed by atoms with E-state index in [1.165, 1.54) is 11.1 Å². The lowest BCUT2D eigenvalue weighted by Gasteiger charge is -2.08. The summed E-state index contributed by atoms with van der Waals surface area (Å²) in [7, 11) is 0. The van der Waals surface area contributed by atoms with Crippen LogP contribution in [-0.4, -0.2) is 21.0 Å². The first-order chi connectivity index (χ1) is 8.90. The van der Waals surface area contributed by atoms with E-state index in [2.05, 4.69) is 35.9 Å². The fourth-order valence-corrected chi connectivity index (χ4v) is 2.06. The van der Waals surface area contributed by atoms with Crippen LogP contribution >= 0.6 is 0 Å². The van der Waals surface area contributed by atoms with Crippen LogP contribution in [0.1, 0.15) is 35.4 Å². The van der Waals surface area contributed by atoms with Gasteiger partial charge in [0, 0.05) is 5.56 Å². The molecule has 0 aliphatic heterocycles. The number of carboxylic acids is 1. The lowest BCUT2D eigenvalue weighted by atomic mass is 9.99. The van der Waals surface area contributed by atoms with Gasteiger partial charge in [0.05, 0.1) is 11.9 Å². The van der Waals surface area contributed by atoms with E-state index in [9.17, 15) is 4.79 Å². The van der Waals surface area contributed by atoms with Crippen molar-refractivity contribution < 1.29 is 9.90 Å². The van der Waals surface area contributed by atoms with Crippen LogP contribution in [0.25, 0.3) is 11.3 Å². The molecule has 0 amide bonds. The van der Waals surface area contributed by atoms with Gasteiger partial charge in [-0.15, -0.1) is 0 Å². The molecule has 0 radical (unpaired) electrons. The number of H-pyrrole nitrogens is 1. The molecule has 0 fully saturated rings. The summed E-state index contributed by atoms with van der Waals surface area (Å²) in [6.07, 6.45) is 1.70. The van der Waals surface area contributed by atoms with E-state index in [1.54, 1.807) is 13.1 Å². The zero-order valence-corrected chi connectivity index (χ0v) is 11.6. The Morgan fingerprint density at radius 3 is 2.47 bits per heavy atom. The molecule has 1 aromatic carbocycles. The summed E-state index contributed by atoms with van der Waals surface area (Å²) in [6.45, 7) is 7.81. The van der Waals surface area contributed by atoms with E-state index in [4.69, 9.17) is 5.11 Å². The van der Waals surface area contributed by atoms with E-state index in [0.29, 0.717) is 5.82 Å². The number of aromatic nitrogens is 2. The summed E-state index contributed by atoms with van der Waals surface area (Å²) >= 11 is 0. The van der Waals surface area contributed by atoms with Gasteiger partial charge in [-0.05, 0) is 50.5 Å². The van der Waals surface area contributed by atoms with Crippen molar-refractivity contribution in [1.82, 2.24) is 9.97 Å². The standard InChI is InChI=1S/C15H18N2O2/c1-8-5-10(3)12(6-9(8)2)13-7-16-14(17-13)11(4)15(18)19/h5-7,11H,1-4H3,(H,16,17)(H,18,19). The second kappa shape index (κ2) is 4.88. The Hall–Kier alpha value is -2.10.